The summed E-state index contributed by atoms with van der Waals surface area (Å²) in [5.41, 5.74) is 9.70. The van der Waals surface area contributed by atoms with E-state index >= 15 is 0 Å². The number of nitrogens with zero attached hydrogens (tertiary/aromatic N) is 8. The fraction of sp³-hybridized carbons (Fsp3) is 0.296. The van der Waals surface area contributed by atoms with Crippen LogP contribution >= 0.6 is 11.6 Å². The lowest BCUT2D eigenvalue weighted by molar-refractivity contribution is -0.138. The number of methoxy groups -OCH3 is 2. The number of amides is 2. The number of pyridine rings is 4. The maximum atomic E-state index is 12.3. The highest BCUT2D eigenvalue weighted by Gasteiger charge is 2.26. The van der Waals surface area contributed by atoms with Gasteiger partial charge < -0.3 is 48.7 Å². The van der Waals surface area contributed by atoms with Gasteiger partial charge in [0.15, 0.2) is 12.2 Å². The van der Waals surface area contributed by atoms with Crippen molar-refractivity contribution >= 4 is 59.2 Å². The molecule has 0 spiro atoms. The first-order valence-corrected chi connectivity index (χ1v) is 27.3. The number of carbonyl (C=O) groups is 2. The second-order valence-corrected chi connectivity index (χ2v) is 25.1. The Kier molecular flexibility index (Phi) is 16.5. The maximum absolute atomic E-state index is 12.3. The number of rotatable bonds is 16. The number of aromatic nitrogens is 6. The van der Waals surface area contributed by atoms with Gasteiger partial charge in [0, 0.05) is 168 Å². The fourth-order valence-corrected chi connectivity index (χ4v) is 9.35. The van der Waals surface area contributed by atoms with E-state index in [-0.39, 0.29) is 0 Å². The minimum atomic E-state index is -1.33. The zero-order valence-corrected chi connectivity index (χ0v) is 44.3. The summed E-state index contributed by atoms with van der Waals surface area (Å²) in [4.78, 5) is 50.6. The number of halogens is 1. The zero-order chi connectivity index (χ0) is 52.0. The predicted molar refractivity (Wildman–Crippen MR) is 287 cm³/mol. The van der Waals surface area contributed by atoms with Crippen molar-refractivity contribution in [3.05, 3.63) is 126 Å². The van der Waals surface area contributed by atoms with Crippen LogP contribution in [0.2, 0.25) is 30.7 Å². The first-order chi connectivity index (χ1) is 34.3. The largest absolute Gasteiger partial charge is 0.496 e. The standard InChI is InChI=1S/C29H35ClN4O4Si.C25H27N5O3/c1-33(2)29(36)27(35)20-13-19(14-31-15-20)22-16-32-28-25(26(22)30)23(21-9-7-8-10-24(21)37-3)17-34(28)18-38-11-12-39(4,5)6;1-29(2)22-18(15-10-16(12-26-11-15)23(31)25(32)30(3)4)13-27-24-21(22)19(14-28-24)17-8-6-7-9-20(17)33-5/h7-10,13-17,27,35H,11-12,18H2,1-6H3;6-14,23,31H,1-5H3,(H,27,28). The van der Waals surface area contributed by atoms with Crippen LogP contribution in [0, 0.1) is 0 Å². The van der Waals surface area contributed by atoms with Crippen LogP contribution in [0.4, 0.5) is 5.69 Å². The number of fused-ring (bicyclic) bond motifs is 2. The number of ether oxygens (including phenoxy) is 3. The third-order valence-corrected chi connectivity index (χ3v) is 14.2. The van der Waals surface area contributed by atoms with Crippen LogP contribution < -0.4 is 14.4 Å². The summed E-state index contributed by atoms with van der Waals surface area (Å²) in [6.45, 7) is 7.99. The summed E-state index contributed by atoms with van der Waals surface area (Å²) in [5.74, 6) is 0.645. The lowest BCUT2D eigenvalue weighted by Gasteiger charge is -2.21. The molecule has 6 aromatic heterocycles. The summed E-state index contributed by atoms with van der Waals surface area (Å²) < 4.78 is 19.3. The van der Waals surface area contributed by atoms with Crippen LogP contribution in [-0.2, 0) is 21.1 Å². The van der Waals surface area contributed by atoms with E-state index in [0.29, 0.717) is 52.0 Å². The Morgan fingerprint density at radius 1 is 0.694 bits per heavy atom. The molecular weight excluding hydrogens is 950 g/mol. The Morgan fingerprint density at radius 2 is 1.22 bits per heavy atom. The number of hydrogen-bond donors (Lipinski definition) is 3. The highest BCUT2D eigenvalue weighted by molar-refractivity contribution is 6.76. The number of H-pyrrole nitrogens is 1. The molecule has 376 valence electrons. The van der Waals surface area contributed by atoms with Crippen molar-refractivity contribution in [2.24, 2.45) is 0 Å². The van der Waals surface area contributed by atoms with Crippen LogP contribution in [0.1, 0.15) is 23.3 Å². The number of anilines is 1. The average molecular weight is 1010 g/mol. The second-order valence-electron chi connectivity index (χ2n) is 19.1. The number of nitrogens with one attached hydrogen (secondary N) is 1. The summed E-state index contributed by atoms with van der Waals surface area (Å²) in [6.07, 6.45) is 11.1. The first kappa shape index (κ1) is 52.7. The molecule has 2 aromatic carbocycles. The van der Waals surface area contributed by atoms with E-state index in [4.69, 9.17) is 30.8 Å². The van der Waals surface area contributed by atoms with Crippen LogP contribution in [0.5, 0.6) is 11.5 Å². The molecule has 0 aliphatic carbocycles. The van der Waals surface area contributed by atoms with E-state index in [1.165, 1.54) is 22.2 Å². The normalized spacial score (nSPS) is 12.2. The lowest BCUT2D eigenvalue weighted by Crippen LogP contribution is -2.28. The number of hydrogen-bond acceptors (Lipinski definition) is 12. The Hall–Kier alpha value is -7.15. The van der Waals surface area contributed by atoms with Crippen LogP contribution in [0.15, 0.2) is 110 Å². The molecule has 0 aliphatic heterocycles. The lowest BCUT2D eigenvalue weighted by atomic mass is 9.98. The molecule has 0 bridgehead atoms. The molecule has 0 saturated heterocycles. The van der Waals surface area contributed by atoms with Crippen LogP contribution in [0.25, 0.3) is 66.6 Å². The van der Waals surface area contributed by atoms with E-state index in [1.54, 1.807) is 79.3 Å². The van der Waals surface area contributed by atoms with E-state index in [0.717, 1.165) is 67.3 Å². The number of benzene rings is 2. The molecule has 72 heavy (non-hydrogen) atoms. The van der Waals surface area contributed by atoms with Crippen molar-refractivity contribution in [3.63, 3.8) is 0 Å². The molecule has 0 aliphatic rings. The molecule has 0 fully saturated rings. The Morgan fingerprint density at radius 3 is 1.75 bits per heavy atom. The van der Waals surface area contributed by atoms with Gasteiger partial charge in [-0.15, -0.1) is 0 Å². The van der Waals surface area contributed by atoms with E-state index in [1.807, 2.05) is 84.5 Å². The molecule has 2 amide bonds. The van der Waals surface area contributed by atoms with Crippen molar-refractivity contribution in [1.29, 1.82) is 0 Å². The second kappa shape index (κ2) is 22.5. The van der Waals surface area contributed by atoms with Crippen molar-refractivity contribution < 1.29 is 34.0 Å². The Bertz CT molecular complexity index is 3220. The third-order valence-electron chi connectivity index (χ3n) is 12.1. The number of aromatic amines is 1. The van der Waals surface area contributed by atoms with Crippen LogP contribution in [-0.4, -0.2) is 133 Å². The summed E-state index contributed by atoms with van der Waals surface area (Å²) in [7, 11) is 12.4. The molecule has 18 heteroatoms. The molecule has 2 unspecified atom stereocenters. The maximum Gasteiger partial charge on any atom is 0.255 e. The number of aliphatic hydroxyl groups excluding tert-OH is 2. The van der Waals surface area contributed by atoms with E-state index < -0.39 is 32.1 Å². The molecule has 6 heterocycles. The van der Waals surface area contributed by atoms with Gasteiger partial charge in [-0.1, -0.05) is 67.6 Å². The highest BCUT2D eigenvalue weighted by Crippen LogP contribution is 2.44. The van der Waals surface area contributed by atoms with Crippen molar-refractivity contribution in [2.45, 2.75) is 44.6 Å². The Labute approximate surface area is 425 Å². The monoisotopic (exact) mass is 1010 g/mol. The summed E-state index contributed by atoms with van der Waals surface area (Å²) in [6, 6.07) is 20.2. The van der Waals surface area contributed by atoms with Gasteiger partial charge in [0.05, 0.1) is 30.3 Å². The molecule has 8 rings (SSSR count). The van der Waals surface area contributed by atoms with Gasteiger partial charge in [0.25, 0.3) is 11.8 Å². The third kappa shape index (κ3) is 11.3. The summed E-state index contributed by atoms with van der Waals surface area (Å²) in [5, 5.41) is 23.3. The molecule has 0 saturated carbocycles. The van der Waals surface area contributed by atoms with Gasteiger partial charge in [0.1, 0.15) is 29.5 Å². The zero-order valence-electron chi connectivity index (χ0n) is 42.6. The predicted octanol–water partition coefficient (Wildman–Crippen LogP) is 9.35. The molecule has 0 radical (unpaired) electrons. The van der Waals surface area contributed by atoms with E-state index in [9.17, 15) is 19.8 Å². The molecule has 2 atom stereocenters. The average Bonchev–Trinajstić information content (AvgIpc) is 3.98. The minimum absolute atomic E-state index is 0.342. The van der Waals surface area contributed by atoms with Crippen molar-refractivity contribution in [2.75, 3.05) is 68.0 Å². The number of likely N-dealkylation sites (N-methyl/N-ethyl adjacent to an activating group) is 2. The van der Waals surface area contributed by atoms with E-state index in [2.05, 4.69) is 39.6 Å². The van der Waals surface area contributed by atoms with Gasteiger partial charge in [0.2, 0.25) is 0 Å². The van der Waals surface area contributed by atoms with Gasteiger partial charge in [-0.25, -0.2) is 9.97 Å². The molecular formula is C54H62ClN9O7Si. The SMILES string of the molecule is COc1ccccc1-c1c[nH]c2ncc(-c3cncc(C(O)C(=O)N(C)C)c3)c(N(C)C)c12.COc1ccccc1-c1cn(COCC[Si](C)(C)C)c2ncc(-c3cncc(C(O)C(=O)N(C)C)c3)c(Cl)c12. The first-order valence-electron chi connectivity index (χ1n) is 23.2. The van der Waals surface area contributed by atoms with Crippen LogP contribution in [0.3, 0.4) is 0 Å². The smallest absolute Gasteiger partial charge is 0.255 e. The van der Waals surface area contributed by atoms with Crippen molar-refractivity contribution in [3.8, 4) is 56.0 Å². The highest BCUT2D eigenvalue weighted by atomic mass is 35.5. The van der Waals surface area contributed by atoms with Gasteiger partial charge in [-0.2, -0.15) is 0 Å². The number of aliphatic hydroxyl groups is 2. The minimum Gasteiger partial charge on any atom is -0.496 e. The fourth-order valence-electron chi connectivity index (χ4n) is 8.25. The van der Waals surface area contributed by atoms with Gasteiger partial charge >= 0.3 is 0 Å². The Balaban J connectivity index is 0.000000214. The molecule has 8 aromatic rings. The number of carbonyl (C=O) groups excluding carboxylic acids is 2. The molecule has 16 nitrogen and oxygen atoms in total. The van der Waals surface area contributed by atoms with Gasteiger partial charge in [-0.05, 0) is 30.3 Å². The topological polar surface area (TPSA) is 184 Å². The quantitative estimate of drug-likeness (QED) is 0.0617. The summed E-state index contributed by atoms with van der Waals surface area (Å²) >= 11 is 7.11. The molecule has 3 N–H and O–H groups in total. The number of para-hydroxylation sites is 2. The van der Waals surface area contributed by atoms with Gasteiger partial charge in [-0.3, -0.25) is 19.6 Å². The van der Waals surface area contributed by atoms with Crippen molar-refractivity contribution in [1.82, 2.24) is 39.3 Å².